The van der Waals surface area contributed by atoms with Gasteiger partial charge in [0.05, 0.1) is 17.2 Å². The van der Waals surface area contributed by atoms with Crippen molar-refractivity contribution in [1.82, 2.24) is 4.72 Å². The molecule has 0 bridgehead atoms. The first kappa shape index (κ1) is 16.2. The van der Waals surface area contributed by atoms with Crippen molar-refractivity contribution in [3.8, 4) is 0 Å². The Morgan fingerprint density at radius 1 is 1.38 bits per heavy atom. The number of hydrogen-bond acceptors (Lipinski definition) is 3. The molecule has 21 heavy (non-hydrogen) atoms. The van der Waals surface area contributed by atoms with Crippen LogP contribution in [0.4, 0.5) is 4.39 Å². The van der Waals surface area contributed by atoms with E-state index in [1.54, 1.807) is 0 Å². The fourth-order valence-electron chi connectivity index (χ4n) is 2.02. The monoisotopic (exact) mass is 335 g/mol. The van der Waals surface area contributed by atoms with Crippen LogP contribution in [0.2, 0.25) is 0 Å². The van der Waals surface area contributed by atoms with E-state index < -0.39 is 39.0 Å². The molecule has 1 unspecified atom stereocenters. The number of benzene rings is 1. The molecular formula is C13H15ClFNO4S. The highest BCUT2D eigenvalue weighted by atomic mass is 35.5. The number of hydrogen-bond donors (Lipinski definition) is 2. The van der Waals surface area contributed by atoms with Crippen molar-refractivity contribution >= 4 is 27.6 Å². The molecule has 1 saturated carbocycles. The molecule has 1 aromatic carbocycles. The minimum Gasteiger partial charge on any atom is -0.481 e. The maximum Gasteiger partial charge on any atom is 0.305 e. The van der Waals surface area contributed by atoms with E-state index in [1.807, 2.05) is 0 Å². The maximum atomic E-state index is 12.9. The molecule has 2 rings (SSSR count). The fraction of sp³-hybridized carbons (Fsp3) is 0.462. The summed E-state index contributed by atoms with van der Waals surface area (Å²) in [7, 11) is -3.74. The first-order valence-corrected chi connectivity index (χ1v) is 8.36. The Bertz CT molecular complexity index is 628. The predicted octanol–water partition coefficient (Wildman–Crippen LogP) is 2.03. The van der Waals surface area contributed by atoms with Crippen LogP contribution in [0.5, 0.6) is 0 Å². The lowest BCUT2D eigenvalue weighted by molar-refractivity contribution is -0.137. The van der Waals surface area contributed by atoms with E-state index >= 15 is 0 Å². The number of nitrogens with one attached hydrogen (secondary N) is 1. The van der Waals surface area contributed by atoms with E-state index in [9.17, 15) is 17.6 Å². The summed E-state index contributed by atoms with van der Waals surface area (Å²) in [6.45, 7) is 0. The van der Waals surface area contributed by atoms with Crippen LogP contribution in [-0.2, 0) is 14.8 Å². The second-order valence-corrected chi connectivity index (χ2v) is 7.52. The molecule has 1 aliphatic rings. The van der Waals surface area contributed by atoms with Gasteiger partial charge in [-0.3, -0.25) is 4.79 Å². The van der Waals surface area contributed by atoms with Crippen LogP contribution in [0.25, 0.3) is 0 Å². The molecule has 0 aromatic heterocycles. The number of halogens is 2. The molecule has 0 heterocycles. The second kappa shape index (κ2) is 5.90. The molecule has 0 amide bonds. The third-order valence-electron chi connectivity index (χ3n) is 3.57. The van der Waals surface area contributed by atoms with Crippen LogP contribution in [0, 0.1) is 5.82 Å². The van der Waals surface area contributed by atoms with Crippen molar-refractivity contribution in [3.63, 3.8) is 0 Å². The Hall–Kier alpha value is -1.18. The summed E-state index contributed by atoms with van der Waals surface area (Å²) in [6, 6.07) is 4.10. The molecule has 0 spiro atoms. The number of carboxylic acid groups (broad SMARTS) is 1. The summed E-state index contributed by atoms with van der Waals surface area (Å²) in [5.74, 6) is -1.66. The zero-order valence-electron chi connectivity index (χ0n) is 11.1. The van der Waals surface area contributed by atoms with Crippen molar-refractivity contribution in [3.05, 3.63) is 35.6 Å². The summed E-state index contributed by atoms with van der Waals surface area (Å²) >= 11 is 5.71. The van der Waals surface area contributed by atoms with E-state index in [0.717, 1.165) is 12.1 Å². The van der Waals surface area contributed by atoms with Gasteiger partial charge in [0, 0.05) is 5.88 Å². The van der Waals surface area contributed by atoms with Crippen molar-refractivity contribution in [1.29, 1.82) is 0 Å². The molecule has 0 saturated heterocycles. The molecular weight excluding hydrogens is 321 g/mol. The topological polar surface area (TPSA) is 83.5 Å². The number of rotatable bonds is 7. The Morgan fingerprint density at radius 3 is 2.38 bits per heavy atom. The van der Waals surface area contributed by atoms with Crippen molar-refractivity contribution in [2.75, 3.05) is 5.88 Å². The van der Waals surface area contributed by atoms with Crippen LogP contribution >= 0.6 is 11.6 Å². The number of carboxylic acids is 1. The molecule has 8 heteroatoms. The first-order chi connectivity index (χ1) is 9.79. The van der Waals surface area contributed by atoms with Crippen molar-refractivity contribution < 1.29 is 22.7 Å². The van der Waals surface area contributed by atoms with Crippen LogP contribution in [0.15, 0.2) is 24.3 Å². The number of sulfonamides is 1. The highest BCUT2D eigenvalue weighted by Crippen LogP contribution is 2.44. The van der Waals surface area contributed by atoms with E-state index in [2.05, 4.69) is 4.72 Å². The van der Waals surface area contributed by atoms with Gasteiger partial charge in [0.25, 0.3) is 0 Å². The molecule has 2 N–H and O–H groups in total. The standard InChI is InChI=1S/C13H15ClFNO4S/c14-8-13(5-6-13)21(19,20)16-11(7-12(17)18)9-1-3-10(15)4-2-9/h1-4,11,16H,5-8H2,(H,17,18). The predicted molar refractivity (Wildman–Crippen MR) is 76.1 cm³/mol. The molecule has 5 nitrogen and oxygen atoms in total. The fourth-order valence-corrected chi connectivity index (χ4v) is 4.35. The summed E-state index contributed by atoms with van der Waals surface area (Å²) < 4.78 is 39.0. The van der Waals surface area contributed by atoms with E-state index in [0.29, 0.717) is 18.4 Å². The Kier molecular flexibility index (Phi) is 4.55. The minimum atomic E-state index is -3.74. The highest BCUT2D eigenvalue weighted by Gasteiger charge is 2.54. The number of carbonyl (C=O) groups is 1. The number of aliphatic carboxylic acids is 1. The average Bonchev–Trinajstić information content (AvgIpc) is 3.19. The molecule has 1 atom stereocenters. The lowest BCUT2D eigenvalue weighted by Crippen LogP contribution is -2.40. The third-order valence-corrected chi connectivity index (χ3v) is 6.53. The molecule has 1 aromatic rings. The van der Waals surface area contributed by atoms with Crippen molar-refractivity contribution in [2.24, 2.45) is 0 Å². The Morgan fingerprint density at radius 2 is 1.95 bits per heavy atom. The van der Waals surface area contributed by atoms with Gasteiger partial charge in [0.1, 0.15) is 5.82 Å². The van der Waals surface area contributed by atoms with E-state index in [4.69, 9.17) is 16.7 Å². The molecule has 0 radical (unpaired) electrons. The molecule has 0 aliphatic heterocycles. The van der Waals surface area contributed by atoms with E-state index in [-0.39, 0.29) is 5.88 Å². The smallest absolute Gasteiger partial charge is 0.305 e. The SMILES string of the molecule is O=C(O)CC(NS(=O)(=O)C1(CCl)CC1)c1ccc(F)cc1. The van der Waals surface area contributed by atoms with Crippen LogP contribution in [0.1, 0.15) is 30.9 Å². The Labute approximate surface area is 127 Å². The van der Waals surface area contributed by atoms with Gasteiger partial charge in [0.15, 0.2) is 0 Å². The third kappa shape index (κ3) is 3.53. The molecule has 1 fully saturated rings. The number of alkyl halides is 1. The normalized spacial score (nSPS) is 18.2. The maximum absolute atomic E-state index is 12.9. The highest BCUT2D eigenvalue weighted by molar-refractivity contribution is 7.91. The zero-order chi connectivity index (χ0) is 15.7. The van der Waals surface area contributed by atoms with Crippen LogP contribution < -0.4 is 4.72 Å². The van der Waals surface area contributed by atoms with E-state index in [1.165, 1.54) is 12.1 Å². The summed E-state index contributed by atoms with van der Waals surface area (Å²) in [6.07, 6.45) is 0.479. The second-order valence-electron chi connectivity index (χ2n) is 5.14. The Balaban J connectivity index is 2.25. The molecule has 1 aliphatic carbocycles. The van der Waals surface area contributed by atoms with Crippen LogP contribution in [0.3, 0.4) is 0 Å². The summed E-state index contributed by atoms with van der Waals surface area (Å²) in [4.78, 5) is 10.9. The minimum absolute atomic E-state index is 0.0362. The van der Waals surface area contributed by atoms with Gasteiger partial charge in [-0.2, -0.15) is 0 Å². The van der Waals surface area contributed by atoms with Gasteiger partial charge in [-0.25, -0.2) is 17.5 Å². The van der Waals surface area contributed by atoms with Gasteiger partial charge in [0.2, 0.25) is 10.0 Å². The van der Waals surface area contributed by atoms with Crippen LogP contribution in [-0.4, -0.2) is 30.1 Å². The van der Waals surface area contributed by atoms with Gasteiger partial charge >= 0.3 is 5.97 Å². The van der Waals surface area contributed by atoms with Gasteiger partial charge in [-0.15, -0.1) is 11.6 Å². The lowest BCUT2D eigenvalue weighted by Gasteiger charge is -2.21. The summed E-state index contributed by atoms with van der Waals surface area (Å²) in [5, 5.41) is 8.94. The quantitative estimate of drug-likeness (QED) is 0.747. The first-order valence-electron chi connectivity index (χ1n) is 6.35. The summed E-state index contributed by atoms with van der Waals surface area (Å²) in [5.41, 5.74) is 0.396. The van der Waals surface area contributed by atoms with Crippen molar-refractivity contribution in [2.45, 2.75) is 30.1 Å². The largest absolute Gasteiger partial charge is 0.481 e. The molecule has 116 valence electrons. The van der Waals surface area contributed by atoms with Gasteiger partial charge in [-0.1, -0.05) is 12.1 Å². The zero-order valence-corrected chi connectivity index (χ0v) is 12.6. The lowest BCUT2D eigenvalue weighted by atomic mass is 10.1. The van der Waals surface area contributed by atoms with Gasteiger partial charge in [-0.05, 0) is 30.5 Å². The van der Waals surface area contributed by atoms with Gasteiger partial charge < -0.3 is 5.11 Å². The average molecular weight is 336 g/mol.